The average Bonchev–Trinajstić information content (AvgIpc) is 3.06. The molecular formula is C15H17Cl2N3O. The maximum absolute atomic E-state index is 6.02. The first-order valence-corrected chi connectivity index (χ1v) is 7.96. The third kappa shape index (κ3) is 3.23. The molecule has 2 aromatic rings. The first-order valence-electron chi connectivity index (χ1n) is 7.21. The van der Waals surface area contributed by atoms with Gasteiger partial charge < -0.3 is 9.84 Å². The summed E-state index contributed by atoms with van der Waals surface area (Å²) in [6.45, 7) is 3.06. The van der Waals surface area contributed by atoms with Crippen LogP contribution in [0.5, 0.6) is 0 Å². The van der Waals surface area contributed by atoms with E-state index in [1.54, 1.807) is 18.2 Å². The van der Waals surface area contributed by atoms with E-state index in [0.717, 1.165) is 24.9 Å². The highest BCUT2D eigenvalue weighted by atomic mass is 35.5. The first kappa shape index (κ1) is 14.8. The van der Waals surface area contributed by atoms with Crippen LogP contribution in [0.2, 0.25) is 10.0 Å². The van der Waals surface area contributed by atoms with Crippen molar-refractivity contribution in [3.8, 4) is 11.4 Å². The molecule has 1 aliphatic carbocycles. The number of benzene rings is 1. The summed E-state index contributed by atoms with van der Waals surface area (Å²) in [5, 5.41) is 8.70. The monoisotopic (exact) mass is 325 g/mol. The molecule has 2 unspecified atom stereocenters. The Morgan fingerprint density at radius 2 is 2.00 bits per heavy atom. The number of likely N-dealkylation sites (N-methyl/N-ethyl adjacent to an activating group) is 1. The Balaban J connectivity index is 1.86. The molecule has 112 valence electrons. The predicted molar refractivity (Wildman–Crippen MR) is 83.8 cm³/mol. The van der Waals surface area contributed by atoms with Crippen LogP contribution in [-0.2, 0) is 0 Å². The van der Waals surface area contributed by atoms with Crippen molar-refractivity contribution in [2.45, 2.75) is 38.1 Å². The molecule has 0 aliphatic heterocycles. The van der Waals surface area contributed by atoms with Crippen molar-refractivity contribution >= 4 is 23.2 Å². The van der Waals surface area contributed by atoms with Gasteiger partial charge in [0.2, 0.25) is 11.7 Å². The summed E-state index contributed by atoms with van der Waals surface area (Å²) in [5.74, 6) is 1.53. The van der Waals surface area contributed by atoms with E-state index in [1.807, 2.05) is 0 Å². The fourth-order valence-electron chi connectivity index (χ4n) is 2.95. The Hall–Kier alpha value is -1.10. The van der Waals surface area contributed by atoms with Gasteiger partial charge >= 0.3 is 0 Å². The summed E-state index contributed by atoms with van der Waals surface area (Å²) in [5.41, 5.74) is 0.778. The summed E-state index contributed by atoms with van der Waals surface area (Å²) in [6, 6.07) is 5.69. The smallest absolute Gasteiger partial charge is 0.231 e. The van der Waals surface area contributed by atoms with Crippen molar-refractivity contribution < 1.29 is 4.52 Å². The first-order chi connectivity index (χ1) is 10.2. The standard InChI is InChI=1S/C15H17Cl2N3O/c1-2-18-13-5-3-4-12(13)15-19-14(20-21-15)9-6-10(16)8-11(17)7-9/h6-8,12-13,18H,2-5H2,1H3. The van der Waals surface area contributed by atoms with Crippen LogP contribution in [0.4, 0.5) is 0 Å². The van der Waals surface area contributed by atoms with Crippen molar-refractivity contribution in [1.29, 1.82) is 0 Å². The predicted octanol–water partition coefficient (Wildman–Crippen LogP) is 4.29. The third-order valence-corrected chi connectivity index (χ3v) is 4.30. The lowest BCUT2D eigenvalue weighted by Gasteiger charge is -2.16. The Labute approximate surface area is 133 Å². The fourth-order valence-corrected chi connectivity index (χ4v) is 3.47. The van der Waals surface area contributed by atoms with E-state index in [9.17, 15) is 0 Å². The molecular weight excluding hydrogens is 309 g/mol. The van der Waals surface area contributed by atoms with Crippen molar-refractivity contribution in [3.63, 3.8) is 0 Å². The maximum atomic E-state index is 6.02. The van der Waals surface area contributed by atoms with Gasteiger partial charge in [0.05, 0.1) is 5.92 Å². The van der Waals surface area contributed by atoms with E-state index in [2.05, 4.69) is 22.4 Å². The van der Waals surface area contributed by atoms with Gasteiger partial charge in [-0.3, -0.25) is 0 Å². The minimum absolute atomic E-state index is 0.292. The number of halogens is 2. The summed E-state index contributed by atoms with van der Waals surface area (Å²) in [7, 11) is 0. The number of nitrogens with one attached hydrogen (secondary N) is 1. The van der Waals surface area contributed by atoms with Crippen LogP contribution >= 0.6 is 23.2 Å². The van der Waals surface area contributed by atoms with Crippen LogP contribution in [0.25, 0.3) is 11.4 Å². The number of hydrogen-bond donors (Lipinski definition) is 1. The molecule has 1 aromatic heterocycles. The van der Waals surface area contributed by atoms with E-state index in [1.165, 1.54) is 6.42 Å². The summed E-state index contributed by atoms with van der Waals surface area (Å²) < 4.78 is 5.47. The maximum Gasteiger partial charge on any atom is 0.231 e. The largest absolute Gasteiger partial charge is 0.339 e. The van der Waals surface area contributed by atoms with Crippen LogP contribution < -0.4 is 5.32 Å². The Morgan fingerprint density at radius 1 is 1.24 bits per heavy atom. The molecule has 1 N–H and O–H groups in total. The molecule has 1 saturated carbocycles. The van der Waals surface area contributed by atoms with Crippen LogP contribution in [-0.4, -0.2) is 22.7 Å². The average molecular weight is 326 g/mol. The van der Waals surface area contributed by atoms with Gasteiger partial charge in [0.25, 0.3) is 0 Å². The van der Waals surface area contributed by atoms with Crippen LogP contribution in [0, 0.1) is 0 Å². The number of nitrogens with zero attached hydrogens (tertiary/aromatic N) is 2. The van der Waals surface area contributed by atoms with Crippen LogP contribution in [0.15, 0.2) is 22.7 Å². The Morgan fingerprint density at radius 3 is 2.71 bits per heavy atom. The molecule has 1 heterocycles. The Kier molecular flexibility index (Phi) is 4.48. The van der Waals surface area contributed by atoms with E-state index in [0.29, 0.717) is 33.7 Å². The molecule has 1 fully saturated rings. The molecule has 6 heteroatoms. The molecule has 0 bridgehead atoms. The van der Waals surface area contributed by atoms with E-state index < -0.39 is 0 Å². The van der Waals surface area contributed by atoms with E-state index in [4.69, 9.17) is 27.7 Å². The van der Waals surface area contributed by atoms with Gasteiger partial charge in [-0.15, -0.1) is 0 Å². The molecule has 2 atom stereocenters. The number of aromatic nitrogens is 2. The molecule has 3 rings (SSSR count). The zero-order chi connectivity index (χ0) is 14.8. The molecule has 0 amide bonds. The topological polar surface area (TPSA) is 51.0 Å². The van der Waals surface area contributed by atoms with Crippen molar-refractivity contribution in [2.75, 3.05) is 6.54 Å². The lowest BCUT2D eigenvalue weighted by atomic mass is 10.0. The fraction of sp³-hybridized carbons (Fsp3) is 0.467. The zero-order valence-corrected chi connectivity index (χ0v) is 13.3. The van der Waals surface area contributed by atoms with Gasteiger partial charge in [-0.1, -0.05) is 41.7 Å². The second-order valence-electron chi connectivity index (χ2n) is 5.32. The van der Waals surface area contributed by atoms with Gasteiger partial charge in [-0.2, -0.15) is 4.98 Å². The molecule has 1 aromatic carbocycles. The second-order valence-corrected chi connectivity index (χ2v) is 6.19. The molecule has 21 heavy (non-hydrogen) atoms. The summed E-state index contributed by atoms with van der Waals surface area (Å²) in [4.78, 5) is 4.54. The third-order valence-electron chi connectivity index (χ3n) is 3.86. The normalized spacial score (nSPS) is 21.9. The lowest BCUT2D eigenvalue weighted by molar-refractivity contribution is 0.332. The van der Waals surface area contributed by atoms with Crippen molar-refractivity contribution in [3.05, 3.63) is 34.1 Å². The van der Waals surface area contributed by atoms with Gasteiger partial charge in [0, 0.05) is 21.7 Å². The minimum atomic E-state index is 0.292. The van der Waals surface area contributed by atoms with Gasteiger partial charge in [-0.25, -0.2) is 0 Å². The van der Waals surface area contributed by atoms with Gasteiger partial charge in [-0.05, 0) is 37.6 Å². The van der Waals surface area contributed by atoms with Crippen LogP contribution in [0.3, 0.4) is 0 Å². The highest BCUT2D eigenvalue weighted by Crippen LogP contribution is 2.35. The SMILES string of the molecule is CCNC1CCCC1c1nc(-c2cc(Cl)cc(Cl)c2)no1. The molecule has 0 saturated heterocycles. The summed E-state index contributed by atoms with van der Waals surface area (Å²) in [6.07, 6.45) is 3.41. The molecule has 1 aliphatic rings. The molecule has 4 nitrogen and oxygen atoms in total. The number of rotatable bonds is 4. The molecule has 0 spiro atoms. The van der Waals surface area contributed by atoms with E-state index >= 15 is 0 Å². The zero-order valence-electron chi connectivity index (χ0n) is 11.8. The number of hydrogen-bond acceptors (Lipinski definition) is 4. The Bertz CT molecular complexity index is 609. The minimum Gasteiger partial charge on any atom is -0.339 e. The summed E-state index contributed by atoms with van der Waals surface area (Å²) >= 11 is 12.0. The lowest BCUT2D eigenvalue weighted by Crippen LogP contribution is -2.31. The molecule has 0 radical (unpaired) electrons. The van der Waals surface area contributed by atoms with Crippen LogP contribution in [0.1, 0.15) is 38.0 Å². The van der Waals surface area contributed by atoms with E-state index in [-0.39, 0.29) is 0 Å². The van der Waals surface area contributed by atoms with Gasteiger partial charge in [0.1, 0.15) is 0 Å². The second kappa shape index (κ2) is 6.34. The van der Waals surface area contributed by atoms with Crippen molar-refractivity contribution in [1.82, 2.24) is 15.5 Å². The quantitative estimate of drug-likeness (QED) is 0.911. The van der Waals surface area contributed by atoms with Crippen molar-refractivity contribution in [2.24, 2.45) is 0 Å². The highest BCUT2D eigenvalue weighted by Gasteiger charge is 2.32. The highest BCUT2D eigenvalue weighted by molar-refractivity contribution is 6.35. The van der Waals surface area contributed by atoms with Gasteiger partial charge in [0.15, 0.2) is 0 Å².